The number of fused-ring (bicyclic) bond motifs is 3. The number of nitrogens with zero attached hydrogens (tertiary/aromatic N) is 2. The zero-order valence-corrected chi connectivity index (χ0v) is 10.6. The van der Waals surface area contributed by atoms with Gasteiger partial charge in [-0.1, -0.05) is 12.8 Å². The molecule has 2 bridgehead atoms. The molecule has 4 rings (SSSR count). The van der Waals surface area contributed by atoms with Crippen LogP contribution in [0.1, 0.15) is 38.5 Å². The summed E-state index contributed by atoms with van der Waals surface area (Å²) in [6, 6.07) is 1.03. The van der Waals surface area contributed by atoms with Gasteiger partial charge >= 0.3 is 0 Å². The maximum atomic E-state index is 6.04. The molecule has 3 saturated heterocycles. The van der Waals surface area contributed by atoms with Crippen molar-refractivity contribution in [2.75, 3.05) is 19.6 Å². The van der Waals surface area contributed by atoms with Gasteiger partial charge in [0, 0.05) is 12.6 Å². The van der Waals surface area contributed by atoms with E-state index >= 15 is 0 Å². The molecule has 0 spiro atoms. The fraction of sp³-hybridized carbons (Fsp3) is 0.923. The molecule has 4 fully saturated rings. The molecule has 4 nitrogen and oxygen atoms in total. The van der Waals surface area contributed by atoms with Crippen LogP contribution in [0.4, 0.5) is 0 Å². The first-order valence-corrected chi connectivity index (χ1v) is 7.13. The third-order valence-electron chi connectivity index (χ3n) is 4.63. The van der Waals surface area contributed by atoms with E-state index in [-0.39, 0.29) is 0 Å². The van der Waals surface area contributed by atoms with Crippen LogP contribution in [-0.2, 0) is 0 Å². The van der Waals surface area contributed by atoms with E-state index < -0.39 is 0 Å². The Morgan fingerprint density at radius 2 is 1.82 bits per heavy atom. The number of rotatable bonds is 2. The minimum absolute atomic E-state index is 0.450. The van der Waals surface area contributed by atoms with E-state index in [9.17, 15) is 0 Å². The quantitative estimate of drug-likeness (QED) is 0.554. The highest BCUT2D eigenvalue weighted by Crippen LogP contribution is 2.29. The maximum Gasteiger partial charge on any atom is 0.189 e. The molecular formula is C13H24N4. The minimum atomic E-state index is 0.450. The van der Waals surface area contributed by atoms with Crippen LogP contribution in [-0.4, -0.2) is 42.6 Å². The Balaban J connectivity index is 1.56. The second kappa shape index (κ2) is 4.84. The molecule has 1 unspecified atom stereocenters. The van der Waals surface area contributed by atoms with Gasteiger partial charge in [-0.25, -0.2) is 4.99 Å². The molecule has 1 saturated carbocycles. The summed E-state index contributed by atoms with van der Waals surface area (Å²) < 4.78 is 0. The fourth-order valence-electron chi connectivity index (χ4n) is 3.58. The van der Waals surface area contributed by atoms with Crippen molar-refractivity contribution in [3.63, 3.8) is 0 Å². The number of aliphatic imine (C=N–C) groups is 1. The molecule has 1 atom stereocenters. The monoisotopic (exact) mass is 236 g/mol. The second-order valence-corrected chi connectivity index (χ2v) is 5.85. The summed E-state index contributed by atoms with van der Waals surface area (Å²) in [5.74, 6) is 1.47. The molecule has 0 aromatic carbocycles. The van der Waals surface area contributed by atoms with Crippen LogP contribution in [0.25, 0.3) is 0 Å². The highest BCUT2D eigenvalue weighted by Gasteiger charge is 2.34. The van der Waals surface area contributed by atoms with Gasteiger partial charge < -0.3 is 16.0 Å². The van der Waals surface area contributed by atoms with Crippen molar-refractivity contribution >= 4 is 5.96 Å². The van der Waals surface area contributed by atoms with Crippen LogP contribution in [0, 0.1) is 5.92 Å². The van der Waals surface area contributed by atoms with Crippen molar-refractivity contribution in [1.29, 1.82) is 0 Å². The molecule has 0 radical (unpaired) electrons. The van der Waals surface area contributed by atoms with Crippen LogP contribution in [0.3, 0.4) is 0 Å². The number of hydrogen-bond donors (Lipinski definition) is 2. The summed E-state index contributed by atoms with van der Waals surface area (Å²) in [6.07, 6.45) is 7.82. The minimum Gasteiger partial charge on any atom is -0.370 e. The average molecular weight is 236 g/mol. The summed E-state index contributed by atoms with van der Waals surface area (Å²) in [6.45, 7) is 3.66. The molecule has 3 aliphatic heterocycles. The number of guanidine groups is 1. The van der Waals surface area contributed by atoms with Gasteiger partial charge in [0.15, 0.2) is 5.96 Å². The van der Waals surface area contributed by atoms with E-state index in [0.29, 0.717) is 18.0 Å². The Bertz CT molecular complexity index is 288. The van der Waals surface area contributed by atoms with E-state index in [1.807, 2.05) is 0 Å². The van der Waals surface area contributed by atoms with Crippen LogP contribution in [0.15, 0.2) is 4.99 Å². The van der Waals surface area contributed by atoms with Crippen LogP contribution >= 0.6 is 0 Å². The smallest absolute Gasteiger partial charge is 0.189 e. The summed E-state index contributed by atoms with van der Waals surface area (Å²) in [5, 5.41) is 3.39. The first-order chi connectivity index (χ1) is 8.31. The molecule has 1 aliphatic carbocycles. The summed E-state index contributed by atoms with van der Waals surface area (Å²) in [5.41, 5.74) is 6.04. The second-order valence-electron chi connectivity index (χ2n) is 5.85. The predicted molar refractivity (Wildman–Crippen MR) is 70.0 cm³/mol. The topological polar surface area (TPSA) is 53.6 Å². The Morgan fingerprint density at radius 3 is 2.41 bits per heavy atom. The first kappa shape index (κ1) is 11.3. The molecular weight excluding hydrogens is 212 g/mol. The zero-order chi connectivity index (χ0) is 11.7. The Labute approximate surface area is 104 Å². The number of hydrogen-bond acceptors (Lipinski definition) is 2. The highest BCUT2D eigenvalue weighted by molar-refractivity contribution is 5.78. The molecule has 17 heavy (non-hydrogen) atoms. The van der Waals surface area contributed by atoms with Crippen LogP contribution in [0.2, 0.25) is 0 Å². The van der Waals surface area contributed by atoms with E-state index in [1.54, 1.807) is 0 Å². The molecule has 4 aliphatic rings. The number of piperidine rings is 3. The SMILES string of the molecule is NC(=NC1CN2CCC1CC2)NC1CCCC1. The summed E-state index contributed by atoms with van der Waals surface area (Å²) in [7, 11) is 0. The molecule has 96 valence electrons. The standard InChI is InChI=1S/C13H24N4/c14-13(15-11-3-1-2-4-11)16-12-9-17-7-5-10(12)6-8-17/h10-12H,1-9H2,(H3,14,15,16). The van der Waals surface area contributed by atoms with Crippen LogP contribution < -0.4 is 11.1 Å². The van der Waals surface area contributed by atoms with Crippen molar-refractivity contribution in [1.82, 2.24) is 10.2 Å². The maximum absolute atomic E-state index is 6.04. The van der Waals surface area contributed by atoms with Gasteiger partial charge in [-0.3, -0.25) is 0 Å². The van der Waals surface area contributed by atoms with E-state index in [2.05, 4.69) is 10.2 Å². The van der Waals surface area contributed by atoms with Gasteiger partial charge in [-0.05, 0) is 44.7 Å². The molecule has 4 heteroatoms. The van der Waals surface area contributed by atoms with Crippen molar-refractivity contribution in [2.45, 2.75) is 50.6 Å². The van der Waals surface area contributed by atoms with Gasteiger partial charge in [0.1, 0.15) is 0 Å². The highest BCUT2D eigenvalue weighted by atomic mass is 15.2. The van der Waals surface area contributed by atoms with E-state index in [1.165, 1.54) is 51.6 Å². The lowest BCUT2D eigenvalue weighted by Gasteiger charge is -2.43. The van der Waals surface area contributed by atoms with Crippen molar-refractivity contribution in [2.24, 2.45) is 16.6 Å². The fourth-order valence-corrected chi connectivity index (χ4v) is 3.58. The molecule has 0 aromatic rings. The largest absolute Gasteiger partial charge is 0.370 e. The lowest BCUT2D eigenvalue weighted by Crippen LogP contribution is -2.51. The van der Waals surface area contributed by atoms with E-state index in [4.69, 9.17) is 10.7 Å². The lowest BCUT2D eigenvalue weighted by molar-refractivity contribution is 0.0904. The van der Waals surface area contributed by atoms with Crippen molar-refractivity contribution in [3.05, 3.63) is 0 Å². The predicted octanol–water partition coefficient (Wildman–Crippen LogP) is 0.927. The average Bonchev–Trinajstić information content (AvgIpc) is 2.83. The molecule has 0 amide bonds. The van der Waals surface area contributed by atoms with Crippen LogP contribution in [0.5, 0.6) is 0 Å². The van der Waals surface area contributed by atoms with Gasteiger partial charge in [0.2, 0.25) is 0 Å². The van der Waals surface area contributed by atoms with Gasteiger partial charge in [-0.2, -0.15) is 0 Å². The van der Waals surface area contributed by atoms with E-state index in [0.717, 1.165) is 12.5 Å². The normalized spacial score (nSPS) is 38.6. The molecule has 3 N–H and O–H groups in total. The number of nitrogens with one attached hydrogen (secondary N) is 1. The van der Waals surface area contributed by atoms with Gasteiger partial charge in [-0.15, -0.1) is 0 Å². The molecule has 3 heterocycles. The lowest BCUT2D eigenvalue weighted by atomic mass is 9.84. The van der Waals surface area contributed by atoms with Crippen molar-refractivity contribution < 1.29 is 0 Å². The molecule has 0 aromatic heterocycles. The van der Waals surface area contributed by atoms with Gasteiger partial charge in [0.05, 0.1) is 6.04 Å². The Morgan fingerprint density at radius 1 is 1.12 bits per heavy atom. The number of nitrogens with two attached hydrogens (primary N) is 1. The summed E-state index contributed by atoms with van der Waals surface area (Å²) >= 11 is 0. The zero-order valence-electron chi connectivity index (χ0n) is 10.6. The van der Waals surface area contributed by atoms with Crippen molar-refractivity contribution in [3.8, 4) is 0 Å². The first-order valence-electron chi connectivity index (χ1n) is 7.13. The Kier molecular flexibility index (Phi) is 3.23. The van der Waals surface area contributed by atoms with Gasteiger partial charge in [0.25, 0.3) is 0 Å². The third kappa shape index (κ3) is 2.57. The Hall–Kier alpha value is -0.770. The third-order valence-corrected chi connectivity index (χ3v) is 4.63. The summed E-state index contributed by atoms with van der Waals surface area (Å²) in [4.78, 5) is 7.25.